The number of hydrogen-bond acceptors (Lipinski definition) is 6. The number of fused-ring (bicyclic) bond motifs is 1. The molecule has 0 spiro atoms. The fraction of sp³-hybridized carbons (Fsp3) is 0.346. The first-order valence-corrected chi connectivity index (χ1v) is 12.2. The minimum absolute atomic E-state index is 0.00857. The highest BCUT2D eigenvalue weighted by Gasteiger charge is 2.42. The van der Waals surface area contributed by atoms with Crippen molar-refractivity contribution in [3.8, 4) is 0 Å². The highest BCUT2D eigenvalue weighted by atomic mass is 32.2. The molecule has 4 rings (SSSR count). The van der Waals surface area contributed by atoms with E-state index in [4.69, 9.17) is 0 Å². The summed E-state index contributed by atoms with van der Waals surface area (Å²) in [7, 11) is 0. The first-order valence-electron chi connectivity index (χ1n) is 11.2. The Morgan fingerprint density at radius 2 is 1.85 bits per heavy atom. The van der Waals surface area contributed by atoms with Crippen LogP contribution in [0.2, 0.25) is 0 Å². The topological polar surface area (TPSA) is 84.8 Å². The van der Waals surface area contributed by atoms with Crippen LogP contribution in [-0.2, 0) is 18.4 Å². The average Bonchev–Trinajstić information content (AvgIpc) is 2.80. The summed E-state index contributed by atoms with van der Waals surface area (Å²) in [5, 5.41) is 2.93. The molecule has 2 aromatic heterocycles. The van der Waals surface area contributed by atoms with Gasteiger partial charge in [-0.15, -0.1) is 11.8 Å². The third kappa shape index (κ3) is 4.83. The zero-order chi connectivity index (χ0) is 23.6. The van der Waals surface area contributed by atoms with E-state index in [9.17, 15) is 9.59 Å². The molecule has 0 fully saturated rings. The number of rotatable bonds is 6. The van der Waals surface area contributed by atoms with E-state index in [0.29, 0.717) is 42.2 Å². The molecule has 6 nitrogen and oxygen atoms in total. The van der Waals surface area contributed by atoms with Gasteiger partial charge in [0, 0.05) is 22.7 Å². The van der Waals surface area contributed by atoms with Crippen molar-refractivity contribution in [2.75, 3.05) is 5.75 Å². The van der Waals surface area contributed by atoms with Crippen LogP contribution < -0.4 is 5.32 Å². The fourth-order valence-corrected chi connectivity index (χ4v) is 4.85. The molecule has 1 atom stereocenters. The second kappa shape index (κ2) is 9.43. The first kappa shape index (κ1) is 23.1. The Balaban J connectivity index is 1.49. The van der Waals surface area contributed by atoms with Crippen molar-refractivity contribution in [3.63, 3.8) is 0 Å². The SMILES string of the molecule is CCSc1ccc(CNC(=O)c2ccc3c(n2)CCC(C)(c2cc(C)nc(C)n2)C3=O)cc1. The average molecular weight is 461 g/mol. The van der Waals surface area contributed by atoms with Crippen LogP contribution in [0.1, 0.15) is 69.6 Å². The number of benzene rings is 1. The lowest BCUT2D eigenvalue weighted by atomic mass is 9.70. The zero-order valence-electron chi connectivity index (χ0n) is 19.4. The van der Waals surface area contributed by atoms with Crippen molar-refractivity contribution in [1.29, 1.82) is 0 Å². The van der Waals surface area contributed by atoms with Gasteiger partial charge in [0.05, 0.1) is 16.8 Å². The first-order chi connectivity index (χ1) is 15.8. The van der Waals surface area contributed by atoms with Crippen LogP contribution in [0.25, 0.3) is 0 Å². The van der Waals surface area contributed by atoms with Gasteiger partial charge in [0.15, 0.2) is 5.78 Å². The lowest BCUT2D eigenvalue weighted by Crippen LogP contribution is -2.39. The molecule has 33 heavy (non-hydrogen) atoms. The molecule has 1 amide bonds. The molecule has 0 saturated carbocycles. The normalized spacial score (nSPS) is 17.5. The van der Waals surface area contributed by atoms with Gasteiger partial charge < -0.3 is 5.32 Å². The van der Waals surface area contributed by atoms with Crippen molar-refractivity contribution in [2.24, 2.45) is 0 Å². The molecule has 170 valence electrons. The van der Waals surface area contributed by atoms with Gasteiger partial charge >= 0.3 is 0 Å². The molecular weight excluding hydrogens is 432 g/mol. The third-order valence-corrected chi connectivity index (χ3v) is 6.93. The number of thioether (sulfide) groups is 1. The Morgan fingerprint density at radius 3 is 2.55 bits per heavy atom. The van der Waals surface area contributed by atoms with Gasteiger partial charge in [-0.3, -0.25) is 9.59 Å². The van der Waals surface area contributed by atoms with E-state index in [0.717, 1.165) is 22.7 Å². The maximum Gasteiger partial charge on any atom is 0.270 e. The number of amides is 1. The number of hydrogen-bond donors (Lipinski definition) is 1. The molecule has 0 saturated heterocycles. The van der Waals surface area contributed by atoms with Crippen LogP contribution in [0.5, 0.6) is 0 Å². The van der Waals surface area contributed by atoms with Crippen molar-refractivity contribution in [1.82, 2.24) is 20.3 Å². The standard InChI is InChI=1S/C26H28N4O2S/c1-5-33-19-8-6-18(7-9-19)15-27-25(32)22-11-10-20-21(30-22)12-13-26(4,24(20)31)23-14-16(2)28-17(3)29-23/h6-11,14H,5,12-13,15H2,1-4H3,(H,27,32). The largest absolute Gasteiger partial charge is 0.347 e. The summed E-state index contributed by atoms with van der Waals surface area (Å²) < 4.78 is 0. The van der Waals surface area contributed by atoms with E-state index >= 15 is 0 Å². The monoisotopic (exact) mass is 460 g/mol. The van der Waals surface area contributed by atoms with Crippen molar-refractivity contribution in [2.45, 2.75) is 57.4 Å². The highest BCUT2D eigenvalue weighted by Crippen LogP contribution is 2.37. The molecule has 0 radical (unpaired) electrons. The molecule has 1 aliphatic carbocycles. The highest BCUT2D eigenvalue weighted by molar-refractivity contribution is 7.99. The number of nitrogens with zero attached hydrogens (tertiary/aromatic N) is 3. The van der Waals surface area contributed by atoms with E-state index in [1.807, 2.05) is 39.0 Å². The summed E-state index contributed by atoms with van der Waals surface area (Å²) in [5.41, 5.74) is 3.47. The number of aryl methyl sites for hydroxylation is 3. The van der Waals surface area contributed by atoms with Crippen molar-refractivity contribution < 1.29 is 9.59 Å². The predicted molar refractivity (Wildman–Crippen MR) is 130 cm³/mol. The zero-order valence-corrected chi connectivity index (χ0v) is 20.3. The molecule has 1 aliphatic rings. The number of ketones is 1. The maximum absolute atomic E-state index is 13.4. The van der Waals surface area contributed by atoms with Crippen molar-refractivity contribution >= 4 is 23.5 Å². The van der Waals surface area contributed by atoms with Crippen LogP contribution in [0.15, 0.2) is 47.4 Å². The Labute approximate surface area is 198 Å². The lowest BCUT2D eigenvalue weighted by Gasteiger charge is -2.32. The second-order valence-electron chi connectivity index (χ2n) is 8.55. The molecule has 2 heterocycles. The quantitative estimate of drug-likeness (QED) is 0.541. The smallest absolute Gasteiger partial charge is 0.270 e. The number of aromatic nitrogens is 3. The summed E-state index contributed by atoms with van der Waals surface area (Å²) in [6.45, 7) is 8.23. The molecular formula is C26H28N4O2S. The van der Waals surface area contributed by atoms with Crippen LogP contribution >= 0.6 is 11.8 Å². The van der Waals surface area contributed by atoms with Crippen LogP contribution in [0.3, 0.4) is 0 Å². The van der Waals surface area contributed by atoms with Gasteiger partial charge in [-0.25, -0.2) is 15.0 Å². The van der Waals surface area contributed by atoms with Crippen LogP contribution in [-0.4, -0.2) is 32.4 Å². The summed E-state index contributed by atoms with van der Waals surface area (Å²) in [4.78, 5) is 40.8. The Kier molecular flexibility index (Phi) is 6.61. The summed E-state index contributed by atoms with van der Waals surface area (Å²) in [6.07, 6.45) is 1.20. The Morgan fingerprint density at radius 1 is 1.09 bits per heavy atom. The Bertz CT molecular complexity index is 1190. The second-order valence-corrected chi connectivity index (χ2v) is 9.89. The summed E-state index contributed by atoms with van der Waals surface area (Å²) in [6, 6.07) is 13.4. The minimum Gasteiger partial charge on any atom is -0.347 e. The third-order valence-electron chi connectivity index (χ3n) is 6.03. The van der Waals surface area contributed by atoms with E-state index < -0.39 is 5.41 Å². The fourth-order valence-electron chi connectivity index (χ4n) is 4.19. The van der Waals surface area contributed by atoms with Crippen LogP contribution in [0, 0.1) is 13.8 Å². The van der Waals surface area contributed by atoms with Gasteiger partial charge in [0.1, 0.15) is 11.5 Å². The number of carbonyl (C=O) groups is 2. The number of Topliss-reactive ketones (excluding diaryl/α,β-unsaturated/α-hetero) is 1. The molecule has 0 aliphatic heterocycles. The van der Waals surface area contributed by atoms with E-state index in [-0.39, 0.29) is 11.7 Å². The Hall–Kier alpha value is -3.06. The number of carbonyl (C=O) groups excluding carboxylic acids is 2. The van der Waals surface area contributed by atoms with Crippen molar-refractivity contribution in [3.05, 3.63) is 82.2 Å². The molecule has 1 aromatic carbocycles. The predicted octanol–water partition coefficient (Wildman–Crippen LogP) is 4.62. The number of pyridine rings is 1. The van der Waals surface area contributed by atoms with E-state index in [2.05, 4.69) is 39.3 Å². The molecule has 7 heteroatoms. The number of nitrogens with one attached hydrogen (secondary N) is 1. The maximum atomic E-state index is 13.4. The van der Waals surface area contributed by atoms with Gasteiger partial charge in [0.2, 0.25) is 0 Å². The van der Waals surface area contributed by atoms with Gasteiger partial charge in [-0.05, 0) is 75.3 Å². The lowest BCUT2D eigenvalue weighted by molar-refractivity contribution is 0.0867. The van der Waals surface area contributed by atoms with E-state index in [1.54, 1.807) is 23.9 Å². The molecule has 1 unspecified atom stereocenters. The molecule has 3 aromatic rings. The van der Waals surface area contributed by atoms with E-state index in [1.165, 1.54) is 4.90 Å². The summed E-state index contributed by atoms with van der Waals surface area (Å²) in [5.74, 6) is 1.44. The van der Waals surface area contributed by atoms with Gasteiger partial charge in [0.25, 0.3) is 5.91 Å². The minimum atomic E-state index is -0.723. The van der Waals surface area contributed by atoms with Gasteiger partial charge in [-0.1, -0.05) is 19.1 Å². The summed E-state index contributed by atoms with van der Waals surface area (Å²) >= 11 is 1.79. The van der Waals surface area contributed by atoms with Gasteiger partial charge in [-0.2, -0.15) is 0 Å². The van der Waals surface area contributed by atoms with Crippen LogP contribution in [0.4, 0.5) is 0 Å². The molecule has 0 bridgehead atoms. The molecule has 1 N–H and O–H groups in total.